The molecule has 2 aromatic heterocycles. The lowest BCUT2D eigenvalue weighted by Crippen LogP contribution is -2.31. The summed E-state index contributed by atoms with van der Waals surface area (Å²) in [4.78, 5) is 25.5. The van der Waals surface area contributed by atoms with Crippen molar-refractivity contribution in [1.29, 1.82) is 0 Å². The summed E-state index contributed by atoms with van der Waals surface area (Å²) < 4.78 is 16.2. The van der Waals surface area contributed by atoms with Crippen molar-refractivity contribution in [2.45, 2.75) is 19.4 Å². The monoisotopic (exact) mass is 521 g/mol. The molecule has 1 saturated heterocycles. The van der Waals surface area contributed by atoms with Crippen LogP contribution < -0.4 is 15.5 Å². The van der Waals surface area contributed by atoms with E-state index in [2.05, 4.69) is 44.5 Å². The van der Waals surface area contributed by atoms with Gasteiger partial charge >= 0.3 is 0 Å². The van der Waals surface area contributed by atoms with Gasteiger partial charge in [0.15, 0.2) is 0 Å². The molecule has 0 saturated carbocycles. The van der Waals surface area contributed by atoms with Crippen molar-refractivity contribution >= 4 is 51.4 Å². The predicted molar refractivity (Wildman–Crippen MR) is 147 cm³/mol. The fraction of sp³-hybridized carbons (Fsp3) is 0.296. The minimum Gasteiger partial charge on any atom is -0.368 e. The van der Waals surface area contributed by atoms with Crippen molar-refractivity contribution in [2.75, 3.05) is 42.7 Å². The van der Waals surface area contributed by atoms with Gasteiger partial charge in [0.2, 0.25) is 11.9 Å². The maximum atomic E-state index is 14.4. The van der Waals surface area contributed by atoms with Crippen molar-refractivity contribution in [3.05, 3.63) is 59.6 Å². The molecule has 10 heteroatoms. The van der Waals surface area contributed by atoms with E-state index in [9.17, 15) is 9.18 Å². The number of hydrogen-bond acceptors (Lipinski definition) is 6. The minimum absolute atomic E-state index is 0.144. The number of nitrogens with one attached hydrogen (secondary N) is 2. The number of aryl methyl sites for hydroxylation is 1. The molecule has 8 nitrogen and oxygen atoms in total. The third kappa shape index (κ3) is 4.97. The smallest absolute Gasteiger partial charge is 0.227 e. The molecule has 0 spiro atoms. The summed E-state index contributed by atoms with van der Waals surface area (Å²) in [5.41, 5.74) is 4.10. The van der Waals surface area contributed by atoms with Gasteiger partial charge in [-0.05, 0) is 44.8 Å². The van der Waals surface area contributed by atoms with Gasteiger partial charge in [-0.25, -0.2) is 14.4 Å². The Hall–Kier alpha value is -3.69. The van der Waals surface area contributed by atoms with Crippen LogP contribution in [0.5, 0.6) is 0 Å². The number of rotatable bonds is 6. The highest BCUT2D eigenvalue weighted by Gasteiger charge is 2.26. The molecule has 37 heavy (non-hydrogen) atoms. The average Bonchev–Trinajstić information content (AvgIpc) is 3.46. The minimum atomic E-state index is -0.310. The first-order valence-electron chi connectivity index (χ1n) is 12.1. The highest BCUT2D eigenvalue weighted by atomic mass is 35.5. The molecule has 1 fully saturated rings. The van der Waals surface area contributed by atoms with Gasteiger partial charge in [-0.2, -0.15) is 0 Å². The van der Waals surface area contributed by atoms with Crippen LogP contribution in [0.2, 0.25) is 5.02 Å². The van der Waals surface area contributed by atoms with Gasteiger partial charge in [-0.15, -0.1) is 0 Å². The molecule has 1 aliphatic heterocycles. The molecule has 4 aromatic rings. The maximum Gasteiger partial charge on any atom is 0.227 e. The largest absolute Gasteiger partial charge is 0.368 e. The Morgan fingerprint density at radius 3 is 2.78 bits per heavy atom. The summed E-state index contributed by atoms with van der Waals surface area (Å²) in [7, 11) is 5.96. The molecule has 1 amide bonds. The summed E-state index contributed by atoms with van der Waals surface area (Å²) in [5.74, 6) is -0.117. The summed E-state index contributed by atoms with van der Waals surface area (Å²) in [6, 6.07) is 11.2. The number of hydrogen-bond donors (Lipinski definition) is 2. The van der Waals surface area contributed by atoms with E-state index in [1.54, 1.807) is 17.7 Å². The highest BCUT2D eigenvalue weighted by molar-refractivity contribution is 6.33. The zero-order valence-electron chi connectivity index (χ0n) is 21.2. The van der Waals surface area contributed by atoms with E-state index in [0.717, 1.165) is 30.9 Å². The van der Waals surface area contributed by atoms with Crippen molar-refractivity contribution in [3.8, 4) is 11.3 Å². The van der Waals surface area contributed by atoms with Gasteiger partial charge in [0.05, 0.1) is 33.8 Å². The van der Waals surface area contributed by atoms with Gasteiger partial charge in [-0.1, -0.05) is 23.7 Å². The number of halogens is 2. The number of nitrogens with zero attached hydrogens (tertiary/aromatic N) is 5. The second-order valence-electron chi connectivity index (χ2n) is 9.57. The van der Waals surface area contributed by atoms with Gasteiger partial charge in [0.1, 0.15) is 5.82 Å². The van der Waals surface area contributed by atoms with Crippen LogP contribution in [0.1, 0.15) is 13.3 Å². The normalized spacial score (nSPS) is 15.5. The Kier molecular flexibility index (Phi) is 6.74. The number of para-hydroxylation sites is 1. The lowest BCUT2D eigenvalue weighted by atomic mass is 10.1. The van der Waals surface area contributed by atoms with Gasteiger partial charge in [0.25, 0.3) is 0 Å². The van der Waals surface area contributed by atoms with Gasteiger partial charge in [-0.3, -0.25) is 4.79 Å². The van der Waals surface area contributed by atoms with E-state index < -0.39 is 0 Å². The first-order valence-corrected chi connectivity index (χ1v) is 12.5. The van der Waals surface area contributed by atoms with Gasteiger partial charge < -0.3 is 25.0 Å². The maximum absolute atomic E-state index is 14.4. The molecule has 2 N–H and O–H groups in total. The Balaban J connectivity index is 1.47. The molecule has 0 radical (unpaired) electrons. The number of likely N-dealkylation sites (N-methyl/N-ethyl adjacent to an activating group) is 1. The third-order valence-electron chi connectivity index (χ3n) is 6.75. The molecule has 192 valence electrons. The zero-order valence-corrected chi connectivity index (χ0v) is 22.0. The molecular weight excluding hydrogens is 493 g/mol. The number of aromatic nitrogens is 3. The van der Waals surface area contributed by atoms with E-state index >= 15 is 0 Å². The Morgan fingerprint density at radius 2 is 2.05 bits per heavy atom. The van der Waals surface area contributed by atoms with E-state index in [4.69, 9.17) is 11.6 Å². The van der Waals surface area contributed by atoms with Crippen LogP contribution in [0.4, 0.5) is 27.4 Å². The van der Waals surface area contributed by atoms with E-state index in [1.165, 1.54) is 19.2 Å². The SMILES string of the molecule is CC(=O)Nc1cc(Nc2ncc(Cl)c(-c3cn(C)c4c(F)cccc34)n2)ccc1N1CCC(N(C)C)C1. The van der Waals surface area contributed by atoms with Crippen LogP contribution in [-0.4, -0.2) is 58.6 Å². The number of carbonyl (C=O) groups is 1. The van der Waals surface area contributed by atoms with Crippen LogP contribution in [0.25, 0.3) is 22.2 Å². The summed E-state index contributed by atoms with van der Waals surface area (Å²) >= 11 is 6.48. The molecule has 0 bridgehead atoms. The predicted octanol–water partition coefficient (Wildman–Crippen LogP) is 5.27. The van der Waals surface area contributed by atoms with Crippen LogP contribution in [0.15, 0.2) is 48.8 Å². The fourth-order valence-electron chi connectivity index (χ4n) is 4.91. The second-order valence-corrected chi connectivity index (χ2v) is 9.98. The first kappa shape index (κ1) is 25.0. The lowest BCUT2D eigenvalue weighted by molar-refractivity contribution is -0.114. The standard InChI is InChI=1S/C27H29ClFN7O/c1-16(37)31-23-12-17(8-9-24(23)36-11-10-18(14-36)34(2)3)32-27-30-13-21(28)25(33-27)20-15-35(4)26-19(20)6-5-7-22(26)29/h5-9,12-13,15,18H,10-11,14H2,1-4H3,(H,31,37)(H,30,32,33). The van der Waals surface area contributed by atoms with Crippen molar-refractivity contribution in [1.82, 2.24) is 19.4 Å². The molecule has 2 aromatic carbocycles. The second kappa shape index (κ2) is 9.99. The van der Waals surface area contributed by atoms with Crippen LogP contribution in [0, 0.1) is 5.82 Å². The lowest BCUT2D eigenvalue weighted by Gasteiger charge is -2.24. The number of fused-ring (bicyclic) bond motifs is 1. The number of anilines is 4. The van der Waals surface area contributed by atoms with Crippen molar-refractivity contribution < 1.29 is 9.18 Å². The van der Waals surface area contributed by atoms with E-state index in [-0.39, 0.29) is 11.7 Å². The Bertz CT molecular complexity index is 1490. The molecule has 1 atom stereocenters. The molecule has 1 unspecified atom stereocenters. The number of benzene rings is 2. The van der Waals surface area contributed by atoms with Crippen LogP contribution >= 0.6 is 11.6 Å². The third-order valence-corrected chi connectivity index (χ3v) is 7.03. The van der Waals surface area contributed by atoms with E-state index in [1.807, 2.05) is 30.5 Å². The Morgan fingerprint density at radius 1 is 1.24 bits per heavy atom. The average molecular weight is 522 g/mol. The molecular formula is C27H29ClFN7O. The molecule has 0 aliphatic carbocycles. The Labute approximate surface area is 220 Å². The summed E-state index contributed by atoms with van der Waals surface area (Å²) in [6.07, 6.45) is 4.40. The fourth-order valence-corrected chi connectivity index (χ4v) is 5.11. The number of amides is 1. The molecule has 3 heterocycles. The van der Waals surface area contributed by atoms with E-state index in [0.29, 0.717) is 44.9 Å². The summed E-state index contributed by atoms with van der Waals surface area (Å²) in [5, 5.41) is 7.26. The molecule has 5 rings (SSSR count). The summed E-state index contributed by atoms with van der Waals surface area (Å²) in [6.45, 7) is 3.30. The van der Waals surface area contributed by atoms with Crippen molar-refractivity contribution in [3.63, 3.8) is 0 Å². The zero-order chi connectivity index (χ0) is 26.3. The van der Waals surface area contributed by atoms with Crippen LogP contribution in [0.3, 0.4) is 0 Å². The quantitative estimate of drug-likeness (QED) is 0.360. The van der Waals surface area contributed by atoms with Gasteiger partial charge in [0, 0.05) is 55.9 Å². The first-order chi connectivity index (χ1) is 17.7. The topological polar surface area (TPSA) is 78.3 Å². The van der Waals surface area contributed by atoms with Crippen LogP contribution in [-0.2, 0) is 11.8 Å². The highest BCUT2D eigenvalue weighted by Crippen LogP contribution is 2.36. The van der Waals surface area contributed by atoms with Crippen molar-refractivity contribution in [2.24, 2.45) is 7.05 Å². The molecule has 1 aliphatic rings. The number of carbonyl (C=O) groups excluding carboxylic acids is 1.